The molecule has 0 heterocycles. The fourth-order valence-electron chi connectivity index (χ4n) is 3.10. The second-order valence-corrected chi connectivity index (χ2v) is 9.53. The number of benzene rings is 1. The lowest BCUT2D eigenvalue weighted by Gasteiger charge is -2.21. The van der Waals surface area contributed by atoms with Crippen LogP contribution in [0.5, 0.6) is 0 Å². The van der Waals surface area contributed by atoms with Crippen molar-refractivity contribution >= 4 is 80.2 Å². The summed E-state index contributed by atoms with van der Waals surface area (Å²) in [6.07, 6.45) is 6.21. The van der Waals surface area contributed by atoms with E-state index in [1.165, 1.54) is 0 Å². The highest BCUT2D eigenvalue weighted by atomic mass is 32.1. The lowest BCUT2D eigenvalue weighted by molar-refractivity contribution is 0.734. The minimum atomic E-state index is 0.0359. The Morgan fingerprint density at radius 3 is 1.25 bits per heavy atom. The van der Waals surface area contributed by atoms with Gasteiger partial charge in [0.25, 0.3) is 0 Å². The fourth-order valence-corrected chi connectivity index (χ4v) is 4.83. The molecule has 0 aliphatic rings. The predicted molar refractivity (Wildman–Crippen MR) is 157 cm³/mol. The van der Waals surface area contributed by atoms with Crippen LogP contribution in [0.1, 0.15) is 66.2 Å². The molecule has 1 aromatic rings. The number of nitrogens with one attached hydrogen (secondary N) is 4. The van der Waals surface area contributed by atoms with Gasteiger partial charge in [0.05, 0.1) is 31.8 Å². The maximum atomic E-state index is 5.64. The summed E-state index contributed by atoms with van der Waals surface area (Å²) in [5.74, 6) is 0.0718. The van der Waals surface area contributed by atoms with E-state index in [0.717, 1.165) is 82.9 Å². The summed E-state index contributed by atoms with van der Waals surface area (Å²) in [6, 6.07) is 7.99. The van der Waals surface area contributed by atoms with Crippen molar-refractivity contribution < 1.29 is 0 Å². The van der Waals surface area contributed by atoms with Gasteiger partial charge in [0, 0.05) is 24.5 Å². The van der Waals surface area contributed by atoms with E-state index in [-0.39, 0.29) is 11.8 Å². The van der Waals surface area contributed by atoms with E-state index in [0.29, 0.717) is 0 Å². The minimum absolute atomic E-state index is 0.0359. The average molecular weight is 511 g/mol. The number of rotatable bonds is 14. The van der Waals surface area contributed by atoms with Crippen LogP contribution in [0.15, 0.2) is 24.3 Å². The lowest BCUT2D eigenvalue weighted by Crippen LogP contribution is -2.36. The second-order valence-electron chi connectivity index (χ2n) is 7.77. The Morgan fingerprint density at radius 2 is 0.969 bits per heavy atom. The Morgan fingerprint density at radius 1 is 0.625 bits per heavy atom. The zero-order valence-electron chi connectivity index (χ0n) is 19.8. The van der Waals surface area contributed by atoms with Gasteiger partial charge in [0.15, 0.2) is 0 Å². The largest absolute Gasteiger partial charge is 0.379 e. The lowest BCUT2D eigenvalue weighted by atomic mass is 10.1. The molecule has 4 N–H and O–H groups in total. The van der Waals surface area contributed by atoms with E-state index >= 15 is 0 Å². The Labute approximate surface area is 216 Å². The van der Waals surface area contributed by atoms with Gasteiger partial charge in [0.1, 0.15) is 0 Å². The summed E-state index contributed by atoms with van der Waals surface area (Å²) in [6.45, 7) is 10.3. The first-order chi connectivity index (χ1) is 15.4. The first-order valence-electron chi connectivity index (χ1n) is 11.6. The highest BCUT2D eigenvalue weighted by Crippen LogP contribution is 2.18. The molecule has 0 saturated carbocycles. The Bertz CT molecular complexity index is 686. The van der Waals surface area contributed by atoms with Crippen LogP contribution in [0, 0.1) is 11.8 Å². The summed E-state index contributed by atoms with van der Waals surface area (Å²) in [7, 11) is 0. The van der Waals surface area contributed by atoms with Gasteiger partial charge < -0.3 is 21.3 Å². The maximum Gasteiger partial charge on any atom is 0.0896 e. The molecule has 1 aromatic carbocycles. The maximum absolute atomic E-state index is 5.64. The average Bonchev–Trinajstić information content (AvgIpc) is 2.76. The molecule has 32 heavy (non-hydrogen) atoms. The van der Waals surface area contributed by atoms with Gasteiger partial charge in [0.2, 0.25) is 0 Å². The third-order valence-electron chi connectivity index (χ3n) is 5.16. The fraction of sp³-hybridized carbons (Fsp3) is 0.583. The molecule has 2 unspecified atom stereocenters. The summed E-state index contributed by atoms with van der Waals surface area (Å²) in [5.41, 5.74) is 1.87. The molecule has 8 heteroatoms. The third-order valence-corrected chi connectivity index (χ3v) is 6.79. The molecule has 4 nitrogen and oxygen atoms in total. The molecule has 0 bridgehead atoms. The van der Waals surface area contributed by atoms with Crippen LogP contribution < -0.4 is 21.3 Å². The highest BCUT2D eigenvalue weighted by molar-refractivity contribution is 7.82. The zero-order chi connectivity index (χ0) is 23.9. The molecule has 1 rings (SSSR count). The van der Waals surface area contributed by atoms with E-state index in [1.807, 2.05) is 24.3 Å². The van der Waals surface area contributed by atoms with Crippen molar-refractivity contribution in [1.29, 1.82) is 0 Å². The molecule has 0 amide bonds. The number of hydrogen-bond donors (Lipinski definition) is 4. The SMILES string of the molecule is CCCCNC(=S)C(CC)C(=S)Nc1ccc(NC(=S)C(CC)C(=S)NCCCC)cc1. The second kappa shape index (κ2) is 16.4. The summed E-state index contributed by atoms with van der Waals surface area (Å²) in [4.78, 5) is 3.12. The van der Waals surface area contributed by atoms with Crippen molar-refractivity contribution in [1.82, 2.24) is 10.6 Å². The van der Waals surface area contributed by atoms with Crippen molar-refractivity contribution in [3.8, 4) is 0 Å². The molecule has 0 radical (unpaired) electrons. The molecule has 0 aromatic heterocycles. The molecule has 0 saturated heterocycles. The van der Waals surface area contributed by atoms with Crippen molar-refractivity contribution in [2.24, 2.45) is 11.8 Å². The zero-order valence-corrected chi connectivity index (χ0v) is 23.0. The van der Waals surface area contributed by atoms with E-state index in [4.69, 9.17) is 48.9 Å². The Hall–Kier alpha value is -1.22. The summed E-state index contributed by atoms with van der Waals surface area (Å²) >= 11 is 22.4. The van der Waals surface area contributed by atoms with Gasteiger partial charge in [-0.15, -0.1) is 0 Å². The summed E-state index contributed by atoms with van der Waals surface area (Å²) in [5, 5.41) is 13.4. The molecular formula is C24H38N4S4. The molecule has 178 valence electrons. The van der Waals surface area contributed by atoms with Crippen molar-refractivity contribution in [3.05, 3.63) is 24.3 Å². The molecular weight excluding hydrogens is 473 g/mol. The smallest absolute Gasteiger partial charge is 0.0896 e. The minimum Gasteiger partial charge on any atom is -0.379 e. The van der Waals surface area contributed by atoms with Crippen LogP contribution in [0.2, 0.25) is 0 Å². The van der Waals surface area contributed by atoms with Crippen molar-refractivity contribution in [3.63, 3.8) is 0 Å². The van der Waals surface area contributed by atoms with Crippen molar-refractivity contribution in [2.75, 3.05) is 23.7 Å². The predicted octanol–water partition coefficient (Wildman–Crippen LogP) is 6.65. The van der Waals surface area contributed by atoms with E-state index in [9.17, 15) is 0 Å². The van der Waals surface area contributed by atoms with Gasteiger partial charge in [-0.25, -0.2) is 0 Å². The number of anilines is 2. The van der Waals surface area contributed by atoms with Gasteiger partial charge in [-0.05, 0) is 49.9 Å². The van der Waals surface area contributed by atoms with E-state index in [1.54, 1.807) is 0 Å². The first kappa shape index (κ1) is 28.8. The first-order valence-corrected chi connectivity index (χ1v) is 13.3. The summed E-state index contributed by atoms with van der Waals surface area (Å²) < 4.78 is 0. The normalized spacial score (nSPS) is 12.4. The van der Waals surface area contributed by atoms with Crippen LogP contribution in [-0.4, -0.2) is 33.0 Å². The third kappa shape index (κ3) is 10.1. The number of hydrogen-bond acceptors (Lipinski definition) is 4. The molecule has 0 spiro atoms. The topological polar surface area (TPSA) is 48.1 Å². The molecule has 0 aliphatic carbocycles. The van der Waals surface area contributed by atoms with Crippen LogP contribution in [0.25, 0.3) is 0 Å². The van der Waals surface area contributed by atoms with Crippen LogP contribution in [0.3, 0.4) is 0 Å². The van der Waals surface area contributed by atoms with Crippen LogP contribution in [-0.2, 0) is 0 Å². The molecule has 0 fully saturated rings. The van der Waals surface area contributed by atoms with Gasteiger partial charge in [-0.3, -0.25) is 0 Å². The Balaban J connectivity index is 2.65. The van der Waals surface area contributed by atoms with E-state index < -0.39 is 0 Å². The van der Waals surface area contributed by atoms with Gasteiger partial charge >= 0.3 is 0 Å². The Kier molecular flexibility index (Phi) is 14.8. The monoisotopic (exact) mass is 510 g/mol. The quantitative estimate of drug-likeness (QED) is 0.164. The van der Waals surface area contributed by atoms with Crippen LogP contribution in [0.4, 0.5) is 11.4 Å². The number of unbranched alkanes of at least 4 members (excludes halogenated alkanes) is 2. The van der Waals surface area contributed by atoms with E-state index in [2.05, 4.69) is 49.0 Å². The van der Waals surface area contributed by atoms with Gasteiger partial charge in [-0.2, -0.15) is 0 Å². The molecule has 2 atom stereocenters. The van der Waals surface area contributed by atoms with Crippen LogP contribution >= 0.6 is 48.9 Å². The number of thiocarbonyl (C=S) groups is 4. The van der Waals surface area contributed by atoms with Crippen molar-refractivity contribution in [2.45, 2.75) is 66.2 Å². The van der Waals surface area contributed by atoms with Gasteiger partial charge in [-0.1, -0.05) is 89.4 Å². The standard InChI is InChI=1S/C24H38N4S4/c1-5-9-15-25-21(29)19(7-3)23(31)27-17-11-13-18(14-12-17)28-24(32)20(8-4)22(30)26-16-10-6-2/h11-14,19-20H,5-10,15-16H2,1-4H3,(H,25,29)(H,26,30)(H,27,31)(H,28,32). The highest BCUT2D eigenvalue weighted by Gasteiger charge is 2.19. The molecule has 0 aliphatic heterocycles.